The van der Waals surface area contributed by atoms with E-state index >= 15 is 0 Å². The summed E-state index contributed by atoms with van der Waals surface area (Å²) in [5, 5.41) is 10.6. The molecule has 0 unspecified atom stereocenters. The highest BCUT2D eigenvalue weighted by molar-refractivity contribution is 7.89. The third kappa shape index (κ3) is 2.68. The Morgan fingerprint density at radius 2 is 1.65 bits per heavy atom. The molecule has 2 aromatic rings. The minimum atomic E-state index is -3.59. The molecule has 0 saturated carbocycles. The van der Waals surface area contributed by atoms with Gasteiger partial charge in [-0.2, -0.15) is 0 Å². The monoisotopic (exact) mass is 292 g/mol. The number of hydrogen-bond donors (Lipinski definition) is 1. The SMILES string of the molecule is CNS(=O)(=O)c1ccccc1-c1ccc([N+](=O)[O-])cc1. The molecule has 0 aliphatic rings. The van der Waals surface area contributed by atoms with E-state index in [0.717, 1.165) is 0 Å². The van der Waals surface area contributed by atoms with Gasteiger partial charge in [0.15, 0.2) is 0 Å². The summed E-state index contributed by atoms with van der Waals surface area (Å²) in [5.41, 5.74) is 1.06. The van der Waals surface area contributed by atoms with Crippen LogP contribution in [0.1, 0.15) is 0 Å². The number of nitro benzene ring substituents is 1. The molecule has 7 heteroatoms. The predicted molar refractivity (Wildman–Crippen MR) is 74.8 cm³/mol. The van der Waals surface area contributed by atoms with Gasteiger partial charge in [0.1, 0.15) is 0 Å². The Hall–Kier alpha value is -2.25. The van der Waals surface area contributed by atoms with Crippen molar-refractivity contribution in [3.05, 3.63) is 58.6 Å². The zero-order valence-electron chi connectivity index (χ0n) is 10.6. The number of nitro groups is 1. The van der Waals surface area contributed by atoms with Crippen LogP contribution in [0, 0.1) is 10.1 Å². The van der Waals surface area contributed by atoms with Gasteiger partial charge in [0.25, 0.3) is 5.69 Å². The predicted octanol–water partition coefficient (Wildman–Crippen LogP) is 2.17. The highest BCUT2D eigenvalue weighted by Gasteiger charge is 2.17. The lowest BCUT2D eigenvalue weighted by atomic mass is 10.1. The first kappa shape index (κ1) is 14.2. The summed E-state index contributed by atoms with van der Waals surface area (Å²) in [5.74, 6) is 0. The third-order valence-corrected chi connectivity index (χ3v) is 4.31. The lowest BCUT2D eigenvalue weighted by molar-refractivity contribution is -0.384. The maximum Gasteiger partial charge on any atom is 0.269 e. The van der Waals surface area contributed by atoms with E-state index in [0.29, 0.717) is 11.1 Å². The first-order valence-corrected chi connectivity index (χ1v) is 7.21. The smallest absolute Gasteiger partial charge is 0.258 e. The average Bonchev–Trinajstić information content (AvgIpc) is 2.47. The molecule has 0 spiro atoms. The molecule has 6 nitrogen and oxygen atoms in total. The van der Waals surface area contributed by atoms with Crippen LogP contribution in [-0.2, 0) is 10.0 Å². The van der Waals surface area contributed by atoms with Crippen LogP contribution in [0.25, 0.3) is 11.1 Å². The Balaban J connectivity index is 2.56. The van der Waals surface area contributed by atoms with Crippen molar-refractivity contribution >= 4 is 15.7 Å². The quantitative estimate of drug-likeness (QED) is 0.690. The van der Waals surface area contributed by atoms with Crippen LogP contribution in [0.5, 0.6) is 0 Å². The molecular formula is C13H12N2O4S. The van der Waals surface area contributed by atoms with Gasteiger partial charge in [-0.05, 0) is 30.8 Å². The third-order valence-electron chi connectivity index (χ3n) is 2.83. The van der Waals surface area contributed by atoms with Crippen LogP contribution in [0.2, 0.25) is 0 Å². The van der Waals surface area contributed by atoms with Gasteiger partial charge in [-0.3, -0.25) is 10.1 Å². The minimum absolute atomic E-state index is 0.0392. The molecule has 0 amide bonds. The number of non-ortho nitro benzene ring substituents is 1. The minimum Gasteiger partial charge on any atom is -0.258 e. The van der Waals surface area contributed by atoms with Crippen molar-refractivity contribution in [3.63, 3.8) is 0 Å². The summed E-state index contributed by atoms with van der Waals surface area (Å²) >= 11 is 0. The molecular weight excluding hydrogens is 280 g/mol. The van der Waals surface area contributed by atoms with Crippen LogP contribution in [0.4, 0.5) is 5.69 Å². The summed E-state index contributed by atoms with van der Waals surface area (Å²) in [6, 6.07) is 12.2. The van der Waals surface area contributed by atoms with Crippen LogP contribution >= 0.6 is 0 Å². The van der Waals surface area contributed by atoms with Crippen LogP contribution < -0.4 is 4.72 Å². The molecule has 2 aromatic carbocycles. The van der Waals surface area contributed by atoms with Gasteiger partial charge in [0, 0.05) is 17.7 Å². The maximum absolute atomic E-state index is 12.0. The summed E-state index contributed by atoms with van der Waals surface area (Å²) < 4.78 is 26.2. The van der Waals surface area contributed by atoms with E-state index in [1.165, 1.54) is 37.4 Å². The van der Waals surface area contributed by atoms with E-state index in [1.54, 1.807) is 18.2 Å². The van der Waals surface area contributed by atoms with E-state index in [1.807, 2.05) is 0 Å². The van der Waals surface area contributed by atoms with E-state index in [-0.39, 0.29) is 10.6 Å². The second-order valence-electron chi connectivity index (χ2n) is 4.01. The molecule has 0 bridgehead atoms. The van der Waals surface area contributed by atoms with Gasteiger partial charge >= 0.3 is 0 Å². The van der Waals surface area contributed by atoms with Crippen molar-refractivity contribution < 1.29 is 13.3 Å². The first-order valence-electron chi connectivity index (χ1n) is 5.73. The molecule has 1 N–H and O–H groups in total. The molecule has 0 aromatic heterocycles. The van der Waals surface area contributed by atoms with Crippen molar-refractivity contribution in [1.29, 1.82) is 0 Å². The molecule has 2 rings (SSSR count). The summed E-state index contributed by atoms with van der Waals surface area (Å²) in [4.78, 5) is 10.3. The Labute approximate surface area is 116 Å². The molecule has 0 radical (unpaired) electrons. The maximum atomic E-state index is 12.0. The van der Waals surface area contributed by atoms with Gasteiger partial charge in [0.05, 0.1) is 9.82 Å². The topological polar surface area (TPSA) is 89.3 Å². The fourth-order valence-electron chi connectivity index (χ4n) is 1.81. The zero-order valence-corrected chi connectivity index (χ0v) is 11.4. The fraction of sp³-hybridized carbons (Fsp3) is 0.0769. The van der Waals surface area contributed by atoms with Gasteiger partial charge in [-0.25, -0.2) is 13.1 Å². The van der Waals surface area contributed by atoms with Crippen LogP contribution in [-0.4, -0.2) is 20.4 Å². The molecule has 104 valence electrons. The first-order chi connectivity index (χ1) is 9.45. The Kier molecular flexibility index (Phi) is 3.82. The van der Waals surface area contributed by atoms with Crippen LogP contribution in [0.15, 0.2) is 53.4 Å². The normalized spacial score (nSPS) is 11.2. The van der Waals surface area contributed by atoms with Gasteiger partial charge in [-0.15, -0.1) is 0 Å². The Morgan fingerprint density at radius 3 is 2.20 bits per heavy atom. The number of sulfonamides is 1. The largest absolute Gasteiger partial charge is 0.269 e. The number of rotatable bonds is 4. The Bertz CT molecular complexity index is 739. The van der Waals surface area contributed by atoms with Crippen molar-refractivity contribution in [2.24, 2.45) is 0 Å². The van der Waals surface area contributed by atoms with Gasteiger partial charge < -0.3 is 0 Å². The summed E-state index contributed by atoms with van der Waals surface area (Å²) in [6.07, 6.45) is 0. The highest BCUT2D eigenvalue weighted by Crippen LogP contribution is 2.28. The Morgan fingerprint density at radius 1 is 1.05 bits per heavy atom. The van der Waals surface area contributed by atoms with Crippen molar-refractivity contribution in [2.45, 2.75) is 4.90 Å². The molecule has 0 fully saturated rings. The zero-order chi connectivity index (χ0) is 14.8. The number of benzene rings is 2. The van der Waals surface area contributed by atoms with E-state index in [9.17, 15) is 18.5 Å². The second kappa shape index (κ2) is 5.40. The van der Waals surface area contributed by atoms with Crippen molar-refractivity contribution in [3.8, 4) is 11.1 Å². The number of nitrogens with one attached hydrogen (secondary N) is 1. The number of nitrogens with zero attached hydrogens (tertiary/aromatic N) is 1. The van der Waals surface area contributed by atoms with E-state index < -0.39 is 14.9 Å². The average molecular weight is 292 g/mol. The second-order valence-corrected chi connectivity index (χ2v) is 5.86. The van der Waals surface area contributed by atoms with E-state index in [2.05, 4.69) is 4.72 Å². The highest BCUT2D eigenvalue weighted by atomic mass is 32.2. The molecule has 0 saturated heterocycles. The lowest BCUT2D eigenvalue weighted by Crippen LogP contribution is -2.19. The van der Waals surface area contributed by atoms with E-state index in [4.69, 9.17) is 0 Å². The van der Waals surface area contributed by atoms with Crippen molar-refractivity contribution in [2.75, 3.05) is 7.05 Å². The summed E-state index contributed by atoms with van der Waals surface area (Å²) in [7, 11) is -2.25. The van der Waals surface area contributed by atoms with Gasteiger partial charge in [-0.1, -0.05) is 18.2 Å². The van der Waals surface area contributed by atoms with Crippen LogP contribution in [0.3, 0.4) is 0 Å². The molecule has 0 heterocycles. The van der Waals surface area contributed by atoms with Crippen molar-refractivity contribution in [1.82, 2.24) is 4.72 Å². The molecule has 0 atom stereocenters. The molecule has 20 heavy (non-hydrogen) atoms. The lowest BCUT2D eigenvalue weighted by Gasteiger charge is -2.09. The molecule has 0 aliphatic carbocycles. The number of hydrogen-bond acceptors (Lipinski definition) is 4. The fourth-order valence-corrected chi connectivity index (χ4v) is 2.77. The standard InChI is InChI=1S/C13H12N2O4S/c1-14-20(18,19)13-5-3-2-4-12(13)10-6-8-11(9-7-10)15(16)17/h2-9,14H,1H3. The molecule has 0 aliphatic heterocycles. The van der Waals surface area contributed by atoms with Gasteiger partial charge in [0.2, 0.25) is 10.0 Å². The summed E-state index contributed by atoms with van der Waals surface area (Å²) in [6.45, 7) is 0.